The molecule has 22 heavy (non-hydrogen) atoms. The Morgan fingerprint density at radius 1 is 1.00 bits per heavy atom. The van der Waals surface area contributed by atoms with Gasteiger partial charge in [0.05, 0.1) is 39.0 Å². The molecule has 6 nitrogen and oxygen atoms in total. The maximum Gasteiger partial charge on any atom is 0.310 e. The molecule has 1 unspecified atom stereocenters. The normalized spacial score (nSPS) is 22.7. The van der Waals surface area contributed by atoms with Crippen molar-refractivity contribution in [1.29, 1.82) is 0 Å². The average Bonchev–Trinajstić information content (AvgIpc) is 2.64. The quantitative estimate of drug-likeness (QED) is 0.485. The predicted octanol–water partition coefficient (Wildman–Crippen LogP) is 1.38. The van der Waals surface area contributed by atoms with E-state index in [2.05, 4.69) is 19.2 Å². The molecule has 130 valence electrons. The minimum Gasteiger partial charge on any atom is -0.463 e. The predicted molar refractivity (Wildman–Crippen MR) is 83.9 cm³/mol. The Balaban J connectivity index is 2.11. The number of rotatable bonds is 10. The SMILES string of the molecule is COCCOCCOCCOC(=O)C1CC(C)(C)NC1(C)C. The summed E-state index contributed by atoms with van der Waals surface area (Å²) in [5, 5.41) is 3.48. The molecule has 0 aromatic rings. The molecule has 0 spiro atoms. The van der Waals surface area contributed by atoms with Crippen LogP contribution in [0.5, 0.6) is 0 Å². The third-order valence-electron chi connectivity index (χ3n) is 3.81. The zero-order valence-corrected chi connectivity index (χ0v) is 14.6. The molecule has 0 aliphatic carbocycles. The number of esters is 1. The van der Waals surface area contributed by atoms with E-state index in [0.717, 1.165) is 6.42 Å². The highest BCUT2D eigenvalue weighted by Crippen LogP contribution is 2.36. The van der Waals surface area contributed by atoms with E-state index in [9.17, 15) is 4.79 Å². The van der Waals surface area contributed by atoms with Crippen LogP contribution in [0.15, 0.2) is 0 Å². The lowest BCUT2D eigenvalue weighted by atomic mass is 9.87. The minimum absolute atomic E-state index is 0.0385. The Bertz CT molecular complexity index is 343. The minimum atomic E-state index is -0.239. The van der Waals surface area contributed by atoms with Crippen molar-refractivity contribution < 1.29 is 23.7 Å². The van der Waals surface area contributed by atoms with Crippen molar-refractivity contribution in [1.82, 2.24) is 5.32 Å². The Morgan fingerprint density at radius 2 is 1.55 bits per heavy atom. The lowest BCUT2D eigenvalue weighted by molar-refractivity contribution is -0.151. The van der Waals surface area contributed by atoms with E-state index in [1.54, 1.807) is 7.11 Å². The van der Waals surface area contributed by atoms with Crippen LogP contribution in [-0.4, -0.2) is 63.8 Å². The standard InChI is InChI=1S/C16H31NO5/c1-15(2)12-13(16(3,4)17-15)14(18)22-11-10-21-9-8-20-7-6-19-5/h13,17H,6-12H2,1-5H3. The number of carbonyl (C=O) groups is 1. The summed E-state index contributed by atoms with van der Waals surface area (Å²) >= 11 is 0. The smallest absolute Gasteiger partial charge is 0.310 e. The Kier molecular flexibility index (Phi) is 7.76. The highest BCUT2D eigenvalue weighted by atomic mass is 16.6. The van der Waals surface area contributed by atoms with Crippen molar-refractivity contribution in [2.75, 3.05) is 46.8 Å². The molecule has 6 heteroatoms. The van der Waals surface area contributed by atoms with Gasteiger partial charge in [-0.05, 0) is 34.1 Å². The molecule has 1 aliphatic rings. The lowest BCUT2D eigenvalue weighted by Crippen LogP contribution is -2.46. The monoisotopic (exact) mass is 317 g/mol. The van der Waals surface area contributed by atoms with Crippen LogP contribution in [0, 0.1) is 5.92 Å². The second-order valence-electron chi connectivity index (χ2n) is 6.87. The van der Waals surface area contributed by atoms with E-state index in [1.165, 1.54) is 0 Å². The third-order valence-corrected chi connectivity index (χ3v) is 3.81. The molecule has 1 rings (SSSR count). The fraction of sp³-hybridized carbons (Fsp3) is 0.938. The summed E-state index contributed by atoms with van der Waals surface area (Å²) in [6.45, 7) is 11.1. The average molecular weight is 317 g/mol. The summed E-state index contributed by atoms with van der Waals surface area (Å²) < 4.78 is 20.8. The maximum absolute atomic E-state index is 12.2. The van der Waals surface area contributed by atoms with Crippen LogP contribution < -0.4 is 5.32 Å². The molecule has 0 aromatic heterocycles. The molecule has 1 atom stereocenters. The molecule has 1 saturated heterocycles. The first-order valence-electron chi connectivity index (χ1n) is 7.89. The molecule has 0 amide bonds. The lowest BCUT2D eigenvalue weighted by Gasteiger charge is -2.27. The highest BCUT2D eigenvalue weighted by molar-refractivity contribution is 5.74. The Hall–Kier alpha value is -0.690. The molecular weight excluding hydrogens is 286 g/mol. The Morgan fingerprint density at radius 3 is 2.05 bits per heavy atom. The Labute approximate surface area is 133 Å². The van der Waals surface area contributed by atoms with Gasteiger partial charge in [-0.1, -0.05) is 0 Å². The highest BCUT2D eigenvalue weighted by Gasteiger charge is 2.48. The number of hydrogen-bond donors (Lipinski definition) is 1. The molecule has 0 aromatic carbocycles. The number of methoxy groups -OCH3 is 1. The molecule has 0 saturated carbocycles. The van der Waals surface area contributed by atoms with Crippen LogP contribution in [-0.2, 0) is 23.7 Å². The van der Waals surface area contributed by atoms with Crippen LogP contribution in [0.1, 0.15) is 34.1 Å². The number of carbonyl (C=O) groups excluding carboxylic acids is 1. The van der Waals surface area contributed by atoms with E-state index in [0.29, 0.717) is 33.0 Å². The van der Waals surface area contributed by atoms with Gasteiger partial charge >= 0.3 is 5.97 Å². The molecule has 0 radical (unpaired) electrons. The number of nitrogens with one attached hydrogen (secondary N) is 1. The molecular formula is C16H31NO5. The molecule has 0 bridgehead atoms. The van der Waals surface area contributed by atoms with Crippen molar-refractivity contribution in [3.63, 3.8) is 0 Å². The van der Waals surface area contributed by atoms with E-state index in [1.807, 2.05) is 13.8 Å². The summed E-state index contributed by atoms with van der Waals surface area (Å²) in [6.07, 6.45) is 0.785. The van der Waals surface area contributed by atoms with E-state index in [4.69, 9.17) is 18.9 Å². The molecule has 1 heterocycles. The second-order valence-corrected chi connectivity index (χ2v) is 6.87. The second kappa shape index (κ2) is 8.82. The van der Waals surface area contributed by atoms with Gasteiger partial charge in [-0.3, -0.25) is 4.79 Å². The summed E-state index contributed by atoms with van der Waals surface area (Å²) in [6, 6.07) is 0. The zero-order chi connectivity index (χ0) is 16.6. The van der Waals surface area contributed by atoms with Crippen LogP contribution in [0.25, 0.3) is 0 Å². The molecule has 1 fully saturated rings. The van der Waals surface area contributed by atoms with Gasteiger partial charge < -0.3 is 24.3 Å². The van der Waals surface area contributed by atoms with Crippen molar-refractivity contribution in [2.24, 2.45) is 5.92 Å². The van der Waals surface area contributed by atoms with Gasteiger partial charge in [-0.25, -0.2) is 0 Å². The number of hydrogen-bond acceptors (Lipinski definition) is 6. The van der Waals surface area contributed by atoms with Gasteiger partial charge in [0.1, 0.15) is 6.61 Å². The largest absolute Gasteiger partial charge is 0.463 e. The summed E-state index contributed by atoms with van der Waals surface area (Å²) in [5.74, 6) is -0.275. The first-order valence-corrected chi connectivity index (χ1v) is 7.89. The van der Waals surface area contributed by atoms with Crippen LogP contribution in [0.4, 0.5) is 0 Å². The van der Waals surface area contributed by atoms with Gasteiger partial charge in [-0.2, -0.15) is 0 Å². The van der Waals surface area contributed by atoms with Crippen molar-refractivity contribution in [3.8, 4) is 0 Å². The molecule has 1 aliphatic heterocycles. The maximum atomic E-state index is 12.2. The van der Waals surface area contributed by atoms with E-state index in [-0.39, 0.29) is 29.6 Å². The van der Waals surface area contributed by atoms with Gasteiger partial charge in [0, 0.05) is 18.2 Å². The van der Waals surface area contributed by atoms with Gasteiger partial charge in [0.15, 0.2) is 0 Å². The zero-order valence-electron chi connectivity index (χ0n) is 14.6. The van der Waals surface area contributed by atoms with E-state index >= 15 is 0 Å². The van der Waals surface area contributed by atoms with Crippen molar-refractivity contribution in [2.45, 2.75) is 45.2 Å². The fourth-order valence-electron chi connectivity index (χ4n) is 2.92. The first kappa shape index (κ1) is 19.4. The third kappa shape index (κ3) is 6.60. The van der Waals surface area contributed by atoms with E-state index < -0.39 is 0 Å². The van der Waals surface area contributed by atoms with Gasteiger partial charge in [-0.15, -0.1) is 0 Å². The van der Waals surface area contributed by atoms with Crippen LogP contribution in [0.3, 0.4) is 0 Å². The number of ether oxygens (including phenoxy) is 4. The molecule has 1 N–H and O–H groups in total. The van der Waals surface area contributed by atoms with Gasteiger partial charge in [0.25, 0.3) is 0 Å². The first-order chi connectivity index (χ1) is 10.3. The summed E-state index contributed by atoms with van der Waals surface area (Å²) in [7, 11) is 1.64. The van der Waals surface area contributed by atoms with Crippen molar-refractivity contribution in [3.05, 3.63) is 0 Å². The summed E-state index contributed by atoms with van der Waals surface area (Å²) in [4.78, 5) is 12.2. The fourth-order valence-corrected chi connectivity index (χ4v) is 2.92. The van der Waals surface area contributed by atoms with Gasteiger partial charge in [0.2, 0.25) is 0 Å². The van der Waals surface area contributed by atoms with Crippen LogP contribution >= 0.6 is 0 Å². The summed E-state index contributed by atoms with van der Waals surface area (Å²) in [5.41, 5.74) is -0.278. The van der Waals surface area contributed by atoms with Crippen molar-refractivity contribution >= 4 is 5.97 Å². The topological polar surface area (TPSA) is 66.0 Å². The van der Waals surface area contributed by atoms with Crippen LogP contribution in [0.2, 0.25) is 0 Å².